The predicted molar refractivity (Wildman–Crippen MR) is 207 cm³/mol. The average Bonchev–Trinajstić information content (AvgIpc) is 3.19. The molecular weight excluding hydrogens is 692 g/mol. The number of nitrogens with zero attached hydrogens (tertiary/aromatic N) is 3. The van der Waals surface area contributed by atoms with E-state index in [-0.39, 0.29) is 39.6 Å². The van der Waals surface area contributed by atoms with Crippen molar-refractivity contribution >= 4 is 17.2 Å². The van der Waals surface area contributed by atoms with Crippen molar-refractivity contribution in [2.75, 3.05) is 52.7 Å². The lowest BCUT2D eigenvalue weighted by molar-refractivity contribution is -0.0930. The van der Waals surface area contributed by atoms with E-state index in [0.29, 0.717) is 40.2 Å². The summed E-state index contributed by atoms with van der Waals surface area (Å²) in [5.41, 5.74) is 1.81. The first kappa shape index (κ1) is 40.4. The molecule has 1 aliphatic carbocycles. The summed E-state index contributed by atoms with van der Waals surface area (Å²) in [5.74, 6) is 1.30. The van der Waals surface area contributed by atoms with E-state index in [0.717, 1.165) is 55.6 Å². The lowest BCUT2D eigenvalue weighted by Crippen LogP contribution is -2.52. The van der Waals surface area contributed by atoms with Gasteiger partial charge < -0.3 is 39.7 Å². The van der Waals surface area contributed by atoms with E-state index >= 15 is 0 Å². The SMILES string of the molecule is CC(CO)(CO)NCc1cc(Cl)c(OCC2(OCCCN3CCC(CO)CC3)C=CC=C(c3ccccc3)C2(C)C)cc1OCc1cncc(C#N)c1. The van der Waals surface area contributed by atoms with Crippen LogP contribution < -0.4 is 14.8 Å². The number of rotatable bonds is 18. The van der Waals surface area contributed by atoms with Crippen molar-refractivity contribution in [1.82, 2.24) is 15.2 Å². The fourth-order valence-electron chi connectivity index (χ4n) is 6.86. The summed E-state index contributed by atoms with van der Waals surface area (Å²) < 4.78 is 19.9. The van der Waals surface area contributed by atoms with E-state index in [2.05, 4.69) is 59.4 Å². The minimum Gasteiger partial charge on any atom is -0.488 e. The van der Waals surface area contributed by atoms with Crippen LogP contribution in [-0.2, 0) is 17.9 Å². The number of pyridine rings is 1. The molecule has 1 aromatic heterocycles. The molecule has 4 N–H and O–H groups in total. The molecule has 1 atom stereocenters. The Labute approximate surface area is 318 Å². The fraction of sp³-hybridized carbons (Fsp3) is 0.476. The number of ether oxygens (including phenoxy) is 3. The van der Waals surface area contributed by atoms with Gasteiger partial charge in [0.05, 0.1) is 29.3 Å². The zero-order chi connectivity index (χ0) is 37.9. The van der Waals surface area contributed by atoms with Crippen LogP contribution in [0.5, 0.6) is 11.5 Å². The van der Waals surface area contributed by atoms with Gasteiger partial charge in [-0.15, -0.1) is 0 Å². The highest BCUT2D eigenvalue weighted by atomic mass is 35.5. The topological polar surface area (TPSA) is 140 Å². The second-order valence-corrected chi connectivity index (χ2v) is 15.3. The maximum atomic E-state index is 9.88. The minimum absolute atomic E-state index is 0.138. The van der Waals surface area contributed by atoms with Gasteiger partial charge in [-0.3, -0.25) is 4.98 Å². The third-order valence-electron chi connectivity index (χ3n) is 10.7. The number of nitriles is 1. The lowest BCUT2D eigenvalue weighted by Gasteiger charge is -2.47. The molecule has 2 aliphatic rings. The van der Waals surface area contributed by atoms with Crippen LogP contribution >= 0.6 is 11.6 Å². The predicted octanol–water partition coefficient (Wildman–Crippen LogP) is 5.93. The van der Waals surface area contributed by atoms with Gasteiger partial charge >= 0.3 is 0 Å². The van der Waals surface area contributed by atoms with E-state index in [1.54, 1.807) is 31.3 Å². The number of allylic oxidation sites excluding steroid dienone is 2. The van der Waals surface area contributed by atoms with Crippen molar-refractivity contribution in [3.63, 3.8) is 0 Å². The number of nitrogens with one attached hydrogen (secondary N) is 1. The van der Waals surface area contributed by atoms with Gasteiger partial charge in [-0.1, -0.05) is 67.9 Å². The van der Waals surface area contributed by atoms with E-state index in [9.17, 15) is 20.6 Å². The van der Waals surface area contributed by atoms with Gasteiger partial charge in [0, 0.05) is 61.3 Å². The molecule has 0 bridgehead atoms. The van der Waals surface area contributed by atoms with Gasteiger partial charge in [0.2, 0.25) is 0 Å². The largest absolute Gasteiger partial charge is 0.488 e. The van der Waals surface area contributed by atoms with Crippen molar-refractivity contribution in [3.8, 4) is 17.6 Å². The number of aliphatic hydroxyl groups is 3. The molecule has 2 aromatic carbocycles. The molecule has 0 radical (unpaired) electrons. The minimum atomic E-state index is -0.924. The van der Waals surface area contributed by atoms with Crippen molar-refractivity contribution in [3.05, 3.63) is 106 Å². The van der Waals surface area contributed by atoms with E-state index in [4.69, 9.17) is 25.8 Å². The monoisotopic (exact) mass is 744 g/mol. The molecular formula is C42H53ClN4O6. The summed E-state index contributed by atoms with van der Waals surface area (Å²) in [6.07, 6.45) is 12.3. The third kappa shape index (κ3) is 10.0. The van der Waals surface area contributed by atoms with Crippen LogP contribution in [0.15, 0.2) is 79.2 Å². The number of piperidine rings is 1. The molecule has 3 aromatic rings. The molecule has 284 valence electrons. The second-order valence-electron chi connectivity index (χ2n) is 14.9. The van der Waals surface area contributed by atoms with Crippen LogP contribution in [-0.4, -0.2) is 89.0 Å². The molecule has 11 heteroatoms. The second kappa shape index (κ2) is 18.5. The molecule has 1 fully saturated rings. The Hall–Kier alpha value is -3.79. The maximum absolute atomic E-state index is 9.88. The van der Waals surface area contributed by atoms with E-state index in [1.807, 2.05) is 24.3 Å². The first-order valence-corrected chi connectivity index (χ1v) is 18.7. The Morgan fingerprint density at radius 1 is 1.04 bits per heavy atom. The molecule has 1 unspecified atom stereocenters. The number of aromatic nitrogens is 1. The van der Waals surface area contributed by atoms with Crippen LogP contribution in [0.3, 0.4) is 0 Å². The zero-order valence-corrected chi connectivity index (χ0v) is 31.8. The molecule has 2 heterocycles. The molecule has 1 aliphatic heterocycles. The molecule has 5 rings (SSSR count). The number of benzene rings is 2. The fourth-order valence-corrected chi connectivity index (χ4v) is 7.10. The van der Waals surface area contributed by atoms with Gasteiger partial charge in [0.15, 0.2) is 0 Å². The van der Waals surface area contributed by atoms with Crippen LogP contribution in [0.25, 0.3) is 5.57 Å². The summed E-state index contributed by atoms with van der Waals surface area (Å²) in [5, 5.41) is 42.3. The third-order valence-corrected chi connectivity index (χ3v) is 11.0. The number of hydrogen-bond acceptors (Lipinski definition) is 10. The standard InChI is InChI=1S/C42H53ClN4O6/c1-40(2)36(34-9-5-4-6-10-34)11-7-14-42(40,53-18-8-15-47-16-12-31(26-48)13-17-47)30-52-39-21-38(51-27-33-19-32(22-44)23-45-24-33)35(20-37(39)43)25-46-41(3,28-49)29-50/h4-7,9-11,14,19-21,23-24,31,46,48-50H,8,12-13,15-18,25-30H2,1-3H3. The van der Waals surface area contributed by atoms with Crippen LogP contribution in [0.1, 0.15) is 62.3 Å². The average molecular weight is 745 g/mol. The summed E-state index contributed by atoms with van der Waals surface area (Å²) in [4.78, 5) is 6.60. The van der Waals surface area contributed by atoms with Crippen molar-refractivity contribution < 1.29 is 29.5 Å². The molecule has 0 saturated carbocycles. The van der Waals surface area contributed by atoms with Crippen LogP contribution in [0, 0.1) is 22.7 Å². The highest BCUT2D eigenvalue weighted by Gasteiger charge is 2.49. The number of hydrogen-bond donors (Lipinski definition) is 4. The normalized spacial score (nSPS) is 19.1. The summed E-state index contributed by atoms with van der Waals surface area (Å²) >= 11 is 6.92. The number of halogens is 1. The number of likely N-dealkylation sites (tertiary alicyclic amines) is 1. The van der Waals surface area contributed by atoms with Crippen LogP contribution in [0.2, 0.25) is 5.02 Å². The highest BCUT2D eigenvalue weighted by Crippen LogP contribution is 2.49. The van der Waals surface area contributed by atoms with E-state index < -0.39 is 16.6 Å². The van der Waals surface area contributed by atoms with Crippen molar-refractivity contribution in [2.24, 2.45) is 11.3 Å². The smallest absolute Gasteiger partial charge is 0.141 e. The molecule has 0 spiro atoms. The molecule has 10 nitrogen and oxygen atoms in total. The zero-order valence-electron chi connectivity index (χ0n) is 31.1. The van der Waals surface area contributed by atoms with Gasteiger partial charge in [0.1, 0.15) is 36.4 Å². The Bertz CT molecular complexity index is 1750. The summed E-state index contributed by atoms with van der Waals surface area (Å²) in [6, 6.07) is 17.7. The first-order chi connectivity index (χ1) is 25.5. The Morgan fingerprint density at radius 2 is 1.79 bits per heavy atom. The molecule has 53 heavy (non-hydrogen) atoms. The van der Waals surface area contributed by atoms with Gasteiger partial charge in [-0.2, -0.15) is 5.26 Å². The molecule has 0 amide bonds. The Balaban J connectivity index is 1.39. The van der Waals surface area contributed by atoms with Crippen molar-refractivity contribution in [2.45, 2.75) is 64.3 Å². The van der Waals surface area contributed by atoms with Gasteiger partial charge in [-0.25, -0.2) is 0 Å². The Kier molecular flexibility index (Phi) is 14.1. The quantitative estimate of drug-likeness (QED) is 0.116. The summed E-state index contributed by atoms with van der Waals surface area (Å²) in [6.45, 7) is 9.78. The highest BCUT2D eigenvalue weighted by molar-refractivity contribution is 6.32. The van der Waals surface area contributed by atoms with Crippen molar-refractivity contribution in [1.29, 1.82) is 5.26 Å². The maximum Gasteiger partial charge on any atom is 0.141 e. The molecule has 1 saturated heterocycles. The Morgan fingerprint density at radius 3 is 2.49 bits per heavy atom. The number of aliphatic hydroxyl groups excluding tert-OH is 3. The van der Waals surface area contributed by atoms with E-state index in [1.165, 1.54) is 6.20 Å². The first-order valence-electron chi connectivity index (χ1n) is 18.4. The summed E-state index contributed by atoms with van der Waals surface area (Å²) in [7, 11) is 0. The van der Waals surface area contributed by atoms with Crippen LogP contribution in [0.4, 0.5) is 0 Å². The van der Waals surface area contributed by atoms with Gasteiger partial charge in [-0.05, 0) is 74.5 Å². The lowest BCUT2D eigenvalue weighted by atomic mass is 9.65. The van der Waals surface area contributed by atoms with Gasteiger partial charge in [0.25, 0.3) is 0 Å².